The molecule has 0 fully saturated rings. The van der Waals surface area contributed by atoms with Crippen molar-refractivity contribution in [1.29, 1.82) is 0 Å². The summed E-state index contributed by atoms with van der Waals surface area (Å²) in [6.07, 6.45) is 2.27. The Balaban J connectivity index is 1.75. The van der Waals surface area contributed by atoms with Gasteiger partial charge in [0.05, 0.1) is 6.04 Å². The summed E-state index contributed by atoms with van der Waals surface area (Å²) in [4.78, 5) is 1.29. The van der Waals surface area contributed by atoms with Crippen molar-refractivity contribution < 1.29 is 0 Å². The van der Waals surface area contributed by atoms with Crippen LogP contribution in [0.4, 0.5) is 5.69 Å². The first-order valence-corrected chi connectivity index (χ1v) is 8.92. The lowest BCUT2D eigenvalue weighted by molar-refractivity contribution is 0.666. The van der Waals surface area contributed by atoms with Gasteiger partial charge in [-0.15, -0.1) is 0 Å². The standard InChI is InChI=1S/C17H19BrN2S/c1-2-19-21-15-8-10-17-13(11-15)5-9-16(20-17)12-3-6-14(18)7-4-12/h3-4,6-8,10-11,16,19-20H,2,5,9H2,1H3. The largest absolute Gasteiger partial charge is 0.378 e. The molecule has 2 aromatic carbocycles. The van der Waals surface area contributed by atoms with E-state index in [1.807, 2.05) is 0 Å². The zero-order valence-electron chi connectivity index (χ0n) is 12.0. The number of halogens is 1. The summed E-state index contributed by atoms with van der Waals surface area (Å²) >= 11 is 5.20. The van der Waals surface area contributed by atoms with E-state index < -0.39 is 0 Å². The van der Waals surface area contributed by atoms with Gasteiger partial charge in [0.1, 0.15) is 0 Å². The van der Waals surface area contributed by atoms with Crippen LogP contribution in [-0.2, 0) is 6.42 Å². The molecule has 0 radical (unpaired) electrons. The van der Waals surface area contributed by atoms with Crippen molar-refractivity contribution >= 4 is 33.6 Å². The molecule has 2 aromatic rings. The van der Waals surface area contributed by atoms with Crippen molar-refractivity contribution in [2.75, 3.05) is 11.9 Å². The highest BCUT2D eigenvalue weighted by Crippen LogP contribution is 2.34. The second-order valence-corrected chi connectivity index (χ2v) is 7.09. The highest BCUT2D eigenvalue weighted by atomic mass is 79.9. The van der Waals surface area contributed by atoms with Crippen LogP contribution in [-0.4, -0.2) is 6.54 Å². The van der Waals surface area contributed by atoms with E-state index in [0.717, 1.165) is 23.9 Å². The van der Waals surface area contributed by atoms with Gasteiger partial charge in [0, 0.05) is 21.6 Å². The normalized spacial score (nSPS) is 17.1. The van der Waals surface area contributed by atoms with Crippen LogP contribution in [0.15, 0.2) is 51.8 Å². The van der Waals surface area contributed by atoms with Crippen LogP contribution in [0, 0.1) is 0 Å². The first-order chi connectivity index (χ1) is 10.3. The molecule has 1 aliphatic heterocycles. The molecule has 1 atom stereocenters. The quantitative estimate of drug-likeness (QED) is 0.734. The number of nitrogens with one attached hydrogen (secondary N) is 2. The monoisotopic (exact) mass is 362 g/mol. The Morgan fingerprint density at radius 3 is 2.81 bits per heavy atom. The summed E-state index contributed by atoms with van der Waals surface area (Å²) in [5.41, 5.74) is 4.05. The molecule has 1 heterocycles. The van der Waals surface area contributed by atoms with E-state index in [2.05, 4.69) is 75.4 Å². The fourth-order valence-electron chi connectivity index (χ4n) is 2.64. The fraction of sp³-hybridized carbons (Fsp3) is 0.294. The predicted octanol–water partition coefficient (Wildman–Crippen LogP) is 5.17. The Bertz CT molecular complexity index is 613. The van der Waals surface area contributed by atoms with Gasteiger partial charge in [-0.05, 0) is 66.2 Å². The lowest BCUT2D eigenvalue weighted by Gasteiger charge is -2.28. The van der Waals surface area contributed by atoms with E-state index in [0.29, 0.717) is 6.04 Å². The Morgan fingerprint density at radius 2 is 2.05 bits per heavy atom. The van der Waals surface area contributed by atoms with Gasteiger partial charge < -0.3 is 5.32 Å². The van der Waals surface area contributed by atoms with E-state index in [1.165, 1.54) is 21.7 Å². The van der Waals surface area contributed by atoms with Gasteiger partial charge in [-0.3, -0.25) is 4.72 Å². The number of anilines is 1. The van der Waals surface area contributed by atoms with Gasteiger partial charge >= 0.3 is 0 Å². The van der Waals surface area contributed by atoms with E-state index in [1.54, 1.807) is 11.9 Å². The Labute approximate surface area is 139 Å². The maximum absolute atomic E-state index is 3.67. The minimum Gasteiger partial charge on any atom is -0.378 e. The molecular formula is C17H19BrN2S. The van der Waals surface area contributed by atoms with E-state index in [4.69, 9.17) is 0 Å². The van der Waals surface area contributed by atoms with Crippen molar-refractivity contribution in [2.24, 2.45) is 0 Å². The van der Waals surface area contributed by atoms with Gasteiger partial charge in [-0.1, -0.05) is 35.0 Å². The van der Waals surface area contributed by atoms with Crippen LogP contribution < -0.4 is 10.0 Å². The summed E-state index contributed by atoms with van der Waals surface area (Å²) in [6, 6.07) is 15.7. The van der Waals surface area contributed by atoms with Crippen LogP contribution >= 0.6 is 27.9 Å². The molecule has 1 unspecified atom stereocenters. The molecule has 0 saturated carbocycles. The minimum absolute atomic E-state index is 0.415. The maximum Gasteiger partial charge on any atom is 0.0517 e. The molecule has 0 saturated heterocycles. The lowest BCUT2D eigenvalue weighted by atomic mass is 9.93. The minimum atomic E-state index is 0.415. The second kappa shape index (κ2) is 6.86. The summed E-state index contributed by atoms with van der Waals surface area (Å²) in [5.74, 6) is 0. The Kier molecular flexibility index (Phi) is 4.88. The number of hydrogen-bond acceptors (Lipinski definition) is 3. The van der Waals surface area contributed by atoms with Crippen molar-refractivity contribution in [3.8, 4) is 0 Å². The molecule has 0 spiro atoms. The number of benzene rings is 2. The molecular weight excluding hydrogens is 344 g/mol. The zero-order chi connectivity index (χ0) is 14.7. The third-order valence-corrected chi connectivity index (χ3v) is 5.17. The molecule has 1 aliphatic rings. The van der Waals surface area contributed by atoms with Crippen molar-refractivity contribution in [3.05, 3.63) is 58.1 Å². The van der Waals surface area contributed by atoms with Gasteiger partial charge in [0.2, 0.25) is 0 Å². The smallest absolute Gasteiger partial charge is 0.0517 e. The number of hydrogen-bond donors (Lipinski definition) is 2. The summed E-state index contributed by atoms with van der Waals surface area (Å²) in [6.45, 7) is 3.10. The third-order valence-electron chi connectivity index (χ3n) is 3.72. The lowest BCUT2D eigenvalue weighted by Crippen LogP contribution is -2.18. The number of fused-ring (bicyclic) bond motifs is 1. The highest BCUT2D eigenvalue weighted by molar-refractivity contribution is 9.10. The number of rotatable bonds is 4. The number of aryl methyl sites for hydroxylation is 1. The van der Waals surface area contributed by atoms with Gasteiger partial charge in [0.15, 0.2) is 0 Å². The zero-order valence-corrected chi connectivity index (χ0v) is 14.4. The van der Waals surface area contributed by atoms with Crippen molar-refractivity contribution in [2.45, 2.75) is 30.7 Å². The van der Waals surface area contributed by atoms with E-state index >= 15 is 0 Å². The first kappa shape index (κ1) is 14.9. The molecule has 0 amide bonds. The Hall–Kier alpha value is -0.970. The topological polar surface area (TPSA) is 24.1 Å². The molecule has 0 aliphatic carbocycles. The average molecular weight is 363 g/mol. The van der Waals surface area contributed by atoms with Crippen molar-refractivity contribution in [1.82, 2.24) is 4.72 Å². The first-order valence-electron chi connectivity index (χ1n) is 7.31. The van der Waals surface area contributed by atoms with Gasteiger partial charge in [0.25, 0.3) is 0 Å². The van der Waals surface area contributed by atoms with Crippen LogP contribution in [0.1, 0.15) is 30.5 Å². The summed E-state index contributed by atoms with van der Waals surface area (Å²) in [7, 11) is 0. The highest BCUT2D eigenvalue weighted by Gasteiger charge is 2.19. The second-order valence-electron chi connectivity index (χ2n) is 5.21. The van der Waals surface area contributed by atoms with Crippen LogP contribution in [0.3, 0.4) is 0 Å². The average Bonchev–Trinajstić information content (AvgIpc) is 2.53. The van der Waals surface area contributed by atoms with Crippen LogP contribution in [0.25, 0.3) is 0 Å². The molecule has 21 heavy (non-hydrogen) atoms. The maximum atomic E-state index is 3.67. The van der Waals surface area contributed by atoms with Gasteiger partial charge in [-0.2, -0.15) is 0 Å². The van der Waals surface area contributed by atoms with Crippen LogP contribution in [0.5, 0.6) is 0 Å². The molecule has 3 rings (SSSR count). The van der Waals surface area contributed by atoms with E-state index in [-0.39, 0.29) is 0 Å². The Morgan fingerprint density at radius 1 is 1.24 bits per heavy atom. The van der Waals surface area contributed by atoms with Crippen LogP contribution in [0.2, 0.25) is 0 Å². The molecule has 0 bridgehead atoms. The predicted molar refractivity (Wildman–Crippen MR) is 94.8 cm³/mol. The molecule has 0 aromatic heterocycles. The molecule has 2 nitrogen and oxygen atoms in total. The molecule has 4 heteroatoms. The SMILES string of the molecule is CCNSc1ccc2c(c1)CCC(c1ccc(Br)cc1)N2. The third kappa shape index (κ3) is 3.62. The fourth-order valence-corrected chi connectivity index (χ4v) is 3.55. The molecule has 2 N–H and O–H groups in total. The van der Waals surface area contributed by atoms with Gasteiger partial charge in [-0.25, -0.2) is 0 Å². The summed E-state index contributed by atoms with van der Waals surface area (Å²) < 4.78 is 4.44. The summed E-state index contributed by atoms with van der Waals surface area (Å²) in [5, 5.41) is 3.67. The molecule has 110 valence electrons. The van der Waals surface area contributed by atoms with Crippen molar-refractivity contribution in [3.63, 3.8) is 0 Å². The van der Waals surface area contributed by atoms with E-state index in [9.17, 15) is 0 Å².